The van der Waals surface area contributed by atoms with Gasteiger partial charge in [-0.1, -0.05) is 42.4 Å². The van der Waals surface area contributed by atoms with Crippen LogP contribution in [0.15, 0.2) is 47.2 Å². The number of nitrogens with zero attached hydrogens (tertiary/aromatic N) is 3. The first-order valence-electron chi connectivity index (χ1n) is 8.85. The third kappa shape index (κ3) is 5.11. The van der Waals surface area contributed by atoms with E-state index in [2.05, 4.69) is 9.68 Å². The van der Waals surface area contributed by atoms with Gasteiger partial charge in [0.05, 0.1) is 11.6 Å². The van der Waals surface area contributed by atoms with Gasteiger partial charge >= 0.3 is 0 Å². The molecule has 154 valence electrons. The fourth-order valence-electron chi connectivity index (χ4n) is 3.18. The zero-order chi connectivity index (χ0) is 19.4. The van der Waals surface area contributed by atoms with Gasteiger partial charge in [-0.15, -0.1) is 12.4 Å². The SMILES string of the molecule is CC(C(=O)N1CCN(S(=O)(=O)Cc2ccon2)CC1)C(N)c1ccccc1.Cl. The molecule has 8 nitrogen and oxygen atoms in total. The topological polar surface area (TPSA) is 110 Å². The third-order valence-corrected chi connectivity index (χ3v) is 6.69. The van der Waals surface area contributed by atoms with Crippen LogP contribution in [0.5, 0.6) is 0 Å². The van der Waals surface area contributed by atoms with Crippen molar-refractivity contribution in [3.8, 4) is 0 Å². The largest absolute Gasteiger partial charge is 0.364 e. The summed E-state index contributed by atoms with van der Waals surface area (Å²) < 4.78 is 31.0. The number of amides is 1. The Balaban J connectivity index is 0.00000280. The summed E-state index contributed by atoms with van der Waals surface area (Å²) in [5.74, 6) is -0.641. The smallest absolute Gasteiger partial charge is 0.227 e. The number of carbonyl (C=O) groups is 1. The van der Waals surface area contributed by atoms with Crippen LogP contribution in [0.3, 0.4) is 0 Å². The summed E-state index contributed by atoms with van der Waals surface area (Å²) in [5.41, 5.74) is 7.53. The first kappa shape index (κ1) is 22.4. The molecule has 1 aliphatic heterocycles. The lowest BCUT2D eigenvalue weighted by Gasteiger charge is -2.36. The van der Waals surface area contributed by atoms with Gasteiger partial charge in [-0.3, -0.25) is 4.79 Å². The summed E-state index contributed by atoms with van der Waals surface area (Å²) in [7, 11) is -3.49. The summed E-state index contributed by atoms with van der Waals surface area (Å²) in [5, 5.41) is 3.65. The lowest BCUT2D eigenvalue weighted by Crippen LogP contribution is -2.52. The van der Waals surface area contributed by atoms with Crippen LogP contribution >= 0.6 is 12.4 Å². The molecule has 2 heterocycles. The van der Waals surface area contributed by atoms with Gasteiger partial charge in [0.1, 0.15) is 12.0 Å². The molecule has 2 atom stereocenters. The Morgan fingerprint density at radius 3 is 2.39 bits per heavy atom. The van der Waals surface area contributed by atoms with Crippen molar-refractivity contribution in [2.45, 2.75) is 18.7 Å². The van der Waals surface area contributed by atoms with E-state index in [9.17, 15) is 13.2 Å². The van der Waals surface area contributed by atoms with Crippen LogP contribution in [0.2, 0.25) is 0 Å². The average molecular weight is 429 g/mol. The molecule has 28 heavy (non-hydrogen) atoms. The zero-order valence-electron chi connectivity index (χ0n) is 15.6. The maximum absolute atomic E-state index is 12.8. The molecule has 0 saturated carbocycles. The molecule has 0 spiro atoms. The molecule has 0 aliphatic carbocycles. The lowest BCUT2D eigenvalue weighted by atomic mass is 9.94. The minimum Gasteiger partial charge on any atom is -0.364 e. The Kier molecular flexibility index (Phi) is 7.59. The number of aromatic nitrogens is 1. The quantitative estimate of drug-likeness (QED) is 0.744. The number of halogens is 1. The predicted molar refractivity (Wildman–Crippen MR) is 107 cm³/mol. The van der Waals surface area contributed by atoms with E-state index in [1.165, 1.54) is 16.6 Å². The average Bonchev–Trinajstić information content (AvgIpc) is 3.19. The monoisotopic (exact) mass is 428 g/mol. The van der Waals surface area contributed by atoms with E-state index in [1.54, 1.807) is 4.90 Å². The molecule has 2 aromatic rings. The molecule has 0 bridgehead atoms. The summed E-state index contributed by atoms with van der Waals surface area (Å²) >= 11 is 0. The Morgan fingerprint density at radius 1 is 1.18 bits per heavy atom. The minimum absolute atomic E-state index is 0. The fourth-order valence-corrected chi connectivity index (χ4v) is 4.61. The van der Waals surface area contributed by atoms with Crippen molar-refractivity contribution in [2.75, 3.05) is 26.2 Å². The van der Waals surface area contributed by atoms with E-state index >= 15 is 0 Å². The van der Waals surface area contributed by atoms with Crippen LogP contribution in [0.4, 0.5) is 0 Å². The molecule has 10 heteroatoms. The van der Waals surface area contributed by atoms with Gasteiger partial charge in [0.25, 0.3) is 0 Å². The molecule has 1 saturated heterocycles. The Hall–Kier alpha value is -1.94. The maximum atomic E-state index is 12.8. The number of rotatable bonds is 6. The molecule has 1 aromatic heterocycles. The van der Waals surface area contributed by atoms with Gasteiger partial charge in [-0.25, -0.2) is 8.42 Å². The van der Waals surface area contributed by atoms with E-state index < -0.39 is 16.1 Å². The Bertz CT molecular complexity index is 853. The first-order valence-corrected chi connectivity index (χ1v) is 10.5. The van der Waals surface area contributed by atoms with E-state index in [-0.39, 0.29) is 43.1 Å². The number of hydrogen-bond acceptors (Lipinski definition) is 6. The van der Waals surface area contributed by atoms with Crippen molar-refractivity contribution >= 4 is 28.3 Å². The number of sulfonamides is 1. The van der Waals surface area contributed by atoms with E-state index in [0.717, 1.165) is 5.56 Å². The highest BCUT2D eigenvalue weighted by Crippen LogP contribution is 2.22. The van der Waals surface area contributed by atoms with Gasteiger partial charge in [-0.2, -0.15) is 4.31 Å². The van der Waals surface area contributed by atoms with E-state index in [0.29, 0.717) is 18.8 Å². The van der Waals surface area contributed by atoms with Crippen LogP contribution in [0.25, 0.3) is 0 Å². The van der Waals surface area contributed by atoms with Crippen molar-refractivity contribution < 1.29 is 17.7 Å². The van der Waals surface area contributed by atoms with Crippen molar-refractivity contribution in [2.24, 2.45) is 11.7 Å². The number of carbonyl (C=O) groups excluding carboxylic acids is 1. The van der Waals surface area contributed by atoms with Gasteiger partial charge < -0.3 is 15.2 Å². The van der Waals surface area contributed by atoms with Crippen molar-refractivity contribution in [1.29, 1.82) is 0 Å². The summed E-state index contributed by atoms with van der Waals surface area (Å²) in [6.45, 7) is 3.04. The molecule has 1 fully saturated rings. The van der Waals surface area contributed by atoms with Crippen LogP contribution in [0.1, 0.15) is 24.2 Å². The molecular weight excluding hydrogens is 404 g/mol. The zero-order valence-corrected chi connectivity index (χ0v) is 17.2. The molecule has 0 radical (unpaired) electrons. The molecule has 1 amide bonds. The molecule has 2 unspecified atom stereocenters. The second kappa shape index (κ2) is 9.51. The molecular formula is C18H25ClN4O4S. The second-order valence-electron chi connectivity index (χ2n) is 6.70. The van der Waals surface area contributed by atoms with E-state index in [1.807, 2.05) is 37.3 Å². The number of hydrogen-bond donors (Lipinski definition) is 1. The summed E-state index contributed by atoms with van der Waals surface area (Å²) in [6, 6.07) is 10.6. The van der Waals surface area contributed by atoms with Crippen LogP contribution < -0.4 is 5.73 Å². The normalized spacial score (nSPS) is 17.6. The highest BCUT2D eigenvalue weighted by atomic mass is 35.5. The Morgan fingerprint density at radius 2 is 1.82 bits per heavy atom. The van der Waals surface area contributed by atoms with Gasteiger partial charge in [0.15, 0.2) is 0 Å². The third-order valence-electron chi connectivity index (χ3n) is 4.88. The predicted octanol–water partition coefficient (Wildman–Crippen LogP) is 1.41. The molecule has 2 N–H and O–H groups in total. The lowest BCUT2D eigenvalue weighted by molar-refractivity contribution is -0.136. The van der Waals surface area contributed by atoms with Crippen molar-refractivity contribution in [3.63, 3.8) is 0 Å². The highest BCUT2D eigenvalue weighted by molar-refractivity contribution is 7.88. The van der Waals surface area contributed by atoms with Gasteiger partial charge in [0, 0.05) is 38.3 Å². The highest BCUT2D eigenvalue weighted by Gasteiger charge is 2.32. The first-order chi connectivity index (χ1) is 12.9. The molecule has 3 rings (SSSR count). The summed E-state index contributed by atoms with van der Waals surface area (Å²) in [6.07, 6.45) is 1.35. The second-order valence-corrected chi connectivity index (χ2v) is 8.67. The van der Waals surface area contributed by atoms with Gasteiger partial charge in [-0.05, 0) is 5.56 Å². The molecule has 1 aromatic carbocycles. The van der Waals surface area contributed by atoms with Crippen molar-refractivity contribution in [3.05, 3.63) is 53.9 Å². The molecule has 1 aliphatic rings. The van der Waals surface area contributed by atoms with Crippen LogP contribution in [0, 0.1) is 5.92 Å². The van der Waals surface area contributed by atoms with Crippen molar-refractivity contribution in [1.82, 2.24) is 14.4 Å². The van der Waals surface area contributed by atoms with Crippen LogP contribution in [-0.2, 0) is 20.6 Å². The summed E-state index contributed by atoms with van der Waals surface area (Å²) in [4.78, 5) is 14.5. The maximum Gasteiger partial charge on any atom is 0.227 e. The standard InChI is InChI=1S/C18H24N4O4S.ClH/c1-14(17(19)15-5-3-2-4-6-15)18(23)21-8-10-22(11-9-21)27(24,25)13-16-7-12-26-20-16;/h2-7,12,14,17H,8-11,13,19H2,1H3;1H. The number of benzene rings is 1. The number of piperazine rings is 1. The fraction of sp³-hybridized carbons (Fsp3) is 0.444. The van der Waals surface area contributed by atoms with Crippen LogP contribution in [-0.4, -0.2) is 54.9 Å². The van der Waals surface area contributed by atoms with E-state index in [4.69, 9.17) is 5.73 Å². The minimum atomic E-state index is -3.49. The number of nitrogens with two attached hydrogens (primary N) is 1. The van der Waals surface area contributed by atoms with Gasteiger partial charge in [0.2, 0.25) is 15.9 Å². The Labute approximate surface area is 171 Å².